The van der Waals surface area contributed by atoms with E-state index in [1.54, 1.807) is 0 Å². The van der Waals surface area contributed by atoms with Gasteiger partial charge in [0.1, 0.15) is 21.2 Å². The highest BCUT2D eigenvalue weighted by molar-refractivity contribution is 7.90. The molecule has 1 heterocycles. The second kappa shape index (κ2) is 5.97. The molecule has 4 nitrogen and oxygen atoms in total. The summed E-state index contributed by atoms with van der Waals surface area (Å²) in [4.78, 5) is 0. The van der Waals surface area contributed by atoms with Crippen molar-refractivity contribution in [3.8, 4) is 0 Å². The summed E-state index contributed by atoms with van der Waals surface area (Å²) in [6.07, 6.45) is 2.63. The van der Waals surface area contributed by atoms with Gasteiger partial charge in [-0.2, -0.15) is 0 Å². The molecule has 0 bridgehead atoms. The van der Waals surface area contributed by atoms with Crippen LogP contribution < -0.4 is 5.32 Å². The van der Waals surface area contributed by atoms with Gasteiger partial charge in [-0.15, -0.1) is 0 Å². The highest BCUT2D eigenvalue weighted by Crippen LogP contribution is 2.27. The molecule has 20 heavy (non-hydrogen) atoms. The molecule has 1 N–H and O–H groups in total. The topological polar surface area (TPSA) is 59.3 Å². The van der Waals surface area contributed by atoms with E-state index in [2.05, 4.69) is 11.4 Å². The highest BCUT2D eigenvalue weighted by atomic mass is 32.2. The van der Waals surface area contributed by atoms with Crippen LogP contribution in [0.1, 0.15) is 30.2 Å². The molecule has 0 aliphatic rings. The summed E-state index contributed by atoms with van der Waals surface area (Å²) in [5.41, 5.74) is 2.07. The number of nitrogens with one attached hydrogen (secondary N) is 1. The number of benzene rings is 1. The number of fused-ring (bicyclic) bond motifs is 1. The Morgan fingerprint density at radius 2 is 2.05 bits per heavy atom. The fraction of sp³-hybridized carbons (Fsp3) is 0.467. The van der Waals surface area contributed by atoms with Gasteiger partial charge < -0.3 is 9.73 Å². The Morgan fingerprint density at radius 3 is 2.70 bits per heavy atom. The van der Waals surface area contributed by atoms with Crippen LogP contribution in [-0.2, 0) is 9.84 Å². The van der Waals surface area contributed by atoms with E-state index in [4.69, 9.17) is 4.42 Å². The summed E-state index contributed by atoms with van der Waals surface area (Å²) in [5, 5.41) is 4.28. The van der Waals surface area contributed by atoms with Gasteiger partial charge in [-0.05, 0) is 45.0 Å². The summed E-state index contributed by atoms with van der Waals surface area (Å²) < 4.78 is 28.2. The minimum atomic E-state index is -2.90. The molecule has 0 aliphatic carbocycles. The molecule has 2 rings (SSSR count). The predicted molar refractivity (Wildman–Crippen MR) is 81.7 cm³/mol. The van der Waals surface area contributed by atoms with Crippen molar-refractivity contribution in [3.05, 3.63) is 35.6 Å². The lowest BCUT2D eigenvalue weighted by Gasteiger charge is -2.12. The molecule has 0 saturated carbocycles. The summed E-state index contributed by atoms with van der Waals surface area (Å²) in [6, 6.07) is 8.16. The SMILES string of the molecule is CNC(CCCS(C)(=O)=O)c1cc2cc(C)ccc2o1. The van der Waals surface area contributed by atoms with Crippen LogP contribution in [0.3, 0.4) is 0 Å². The van der Waals surface area contributed by atoms with Crippen LogP contribution in [0.25, 0.3) is 11.0 Å². The smallest absolute Gasteiger partial charge is 0.147 e. The Labute approximate surface area is 120 Å². The molecule has 110 valence electrons. The number of hydrogen-bond donors (Lipinski definition) is 1. The van der Waals surface area contributed by atoms with E-state index >= 15 is 0 Å². The predicted octanol–water partition coefficient (Wildman–Crippen LogP) is 2.83. The molecule has 1 aromatic carbocycles. The van der Waals surface area contributed by atoms with Crippen molar-refractivity contribution in [2.75, 3.05) is 19.1 Å². The Balaban J connectivity index is 2.13. The van der Waals surface area contributed by atoms with E-state index in [9.17, 15) is 8.42 Å². The maximum absolute atomic E-state index is 11.2. The van der Waals surface area contributed by atoms with Crippen molar-refractivity contribution < 1.29 is 12.8 Å². The lowest BCUT2D eigenvalue weighted by atomic mass is 10.1. The lowest BCUT2D eigenvalue weighted by molar-refractivity contribution is 0.430. The highest BCUT2D eigenvalue weighted by Gasteiger charge is 2.15. The van der Waals surface area contributed by atoms with Gasteiger partial charge in [0.2, 0.25) is 0 Å². The summed E-state index contributed by atoms with van der Waals surface area (Å²) >= 11 is 0. The van der Waals surface area contributed by atoms with Gasteiger partial charge in [0.15, 0.2) is 0 Å². The molecule has 0 saturated heterocycles. The molecule has 0 fully saturated rings. The van der Waals surface area contributed by atoms with Gasteiger partial charge in [0, 0.05) is 17.4 Å². The van der Waals surface area contributed by atoms with Crippen LogP contribution in [0, 0.1) is 6.92 Å². The van der Waals surface area contributed by atoms with Gasteiger partial charge in [0.05, 0.1) is 6.04 Å². The minimum absolute atomic E-state index is 0.0458. The Hall–Kier alpha value is -1.33. The first-order valence-corrected chi connectivity index (χ1v) is 8.80. The van der Waals surface area contributed by atoms with Crippen molar-refractivity contribution in [1.29, 1.82) is 0 Å². The van der Waals surface area contributed by atoms with Crippen LogP contribution in [0.2, 0.25) is 0 Å². The fourth-order valence-electron chi connectivity index (χ4n) is 2.33. The van der Waals surface area contributed by atoms with E-state index in [1.165, 1.54) is 11.8 Å². The number of hydrogen-bond acceptors (Lipinski definition) is 4. The first-order valence-electron chi connectivity index (χ1n) is 6.74. The summed E-state index contributed by atoms with van der Waals surface area (Å²) in [5.74, 6) is 1.08. The standard InChI is InChI=1S/C15H21NO3S/c1-11-6-7-14-12(9-11)10-15(19-14)13(16-2)5-4-8-20(3,17)18/h6-7,9-10,13,16H,4-5,8H2,1-3H3. The monoisotopic (exact) mass is 295 g/mol. The molecular formula is C15H21NO3S. The largest absolute Gasteiger partial charge is 0.459 e. The number of aryl methyl sites for hydroxylation is 1. The van der Waals surface area contributed by atoms with Crippen molar-refractivity contribution in [2.45, 2.75) is 25.8 Å². The first-order chi connectivity index (χ1) is 9.39. The maximum atomic E-state index is 11.2. The third kappa shape index (κ3) is 3.84. The molecule has 1 aromatic heterocycles. The van der Waals surface area contributed by atoms with Crippen LogP contribution in [0.15, 0.2) is 28.7 Å². The summed E-state index contributed by atoms with van der Waals surface area (Å²) in [7, 11) is -1.03. The maximum Gasteiger partial charge on any atom is 0.147 e. The second-order valence-electron chi connectivity index (χ2n) is 5.30. The second-order valence-corrected chi connectivity index (χ2v) is 7.56. The van der Waals surface area contributed by atoms with Gasteiger partial charge in [-0.3, -0.25) is 0 Å². The molecule has 0 radical (unpaired) electrons. The molecular weight excluding hydrogens is 274 g/mol. The number of rotatable bonds is 6. The molecule has 0 aliphatic heterocycles. The third-order valence-corrected chi connectivity index (χ3v) is 4.42. The molecule has 5 heteroatoms. The molecule has 1 unspecified atom stereocenters. The Bertz CT molecular complexity index is 688. The van der Waals surface area contributed by atoms with Gasteiger partial charge in [0.25, 0.3) is 0 Å². The van der Waals surface area contributed by atoms with Crippen LogP contribution in [0.5, 0.6) is 0 Å². The number of sulfone groups is 1. The van der Waals surface area contributed by atoms with E-state index in [0.717, 1.165) is 23.2 Å². The quantitative estimate of drug-likeness (QED) is 0.890. The molecule has 0 spiro atoms. The van der Waals surface area contributed by atoms with E-state index in [1.807, 2.05) is 32.2 Å². The first kappa shape index (κ1) is 15.1. The van der Waals surface area contributed by atoms with Crippen LogP contribution >= 0.6 is 0 Å². The van der Waals surface area contributed by atoms with E-state index in [-0.39, 0.29) is 11.8 Å². The number of furan rings is 1. The van der Waals surface area contributed by atoms with E-state index in [0.29, 0.717) is 6.42 Å². The molecule has 2 aromatic rings. The summed E-state index contributed by atoms with van der Waals surface area (Å²) in [6.45, 7) is 2.05. The van der Waals surface area contributed by atoms with Crippen molar-refractivity contribution in [3.63, 3.8) is 0 Å². The molecule has 0 amide bonds. The zero-order valence-electron chi connectivity index (χ0n) is 12.1. The van der Waals surface area contributed by atoms with Crippen LogP contribution in [0.4, 0.5) is 0 Å². The van der Waals surface area contributed by atoms with Crippen molar-refractivity contribution in [1.82, 2.24) is 5.32 Å². The van der Waals surface area contributed by atoms with Gasteiger partial charge in [-0.1, -0.05) is 11.6 Å². The van der Waals surface area contributed by atoms with Crippen molar-refractivity contribution in [2.24, 2.45) is 0 Å². The Kier molecular flexibility index (Phi) is 4.50. The lowest BCUT2D eigenvalue weighted by Crippen LogP contribution is -2.17. The third-order valence-electron chi connectivity index (χ3n) is 3.39. The van der Waals surface area contributed by atoms with Gasteiger partial charge in [-0.25, -0.2) is 8.42 Å². The van der Waals surface area contributed by atoms with Gasteiger partial charge >= 0.3 is 0 Å². The normalized spacial score (nSPS) is 13.8. The average Bonchev–Trinajstić information content (AvgIpc) is 2.75. The van der Waals surface area contributed by atoms with Crippen LogP contribution in [-0.4, -0.2) is 27.5 Å². The Morgan fingerprint density at radius 1 is 1.30 bits per heavy atom. The zero-order valence-corrected chi connectivity index (χ0v) is 13.0. The minimum Gasteiger partial charge on any atom is -0.459 e. The molecule has 1 atom stereocenters. The fourth-order valence-corrected chi connectivity index (χ4v) is 3.02. The van der Waals surface area contributed by atoms with Crippen molar-refractivity contribution >= 4 is 20.8 Å². The van der Waals surface area contributed by atoms with E-state index < -0.39 is 9.84 Å². The average molecular weight is 295 g/mol. The zero-order chi connectivity index (χ0) is 14.8.